The number of nitrogens with zero attached hydrogens (tertiary/aromatic N) is 6. The van der Waals surface area contributed by atoms with Crippen molar-refractivity contribution in [3.8, 4) is 23.2 Å². The van der Waals surface area contributed by atoms with Gasteiger partial charge in [-0.15, -0.1) is 0 Å². The van der Waals surface area contributed by atoms with E-state index in [2.05, 4.69) is 20.3 Å². The summed E-state index contributed by atoms with van der Waals surface area (Å²) in [7, 11) is 1.59. The molecule has 4 aromatic rings. The SMILES string of the molecule is COc1ccc(N(Cc2ccc3c(c2)OCCO3)C(=O)C2NCCN(c3cc(C)nc(-n4ccnc4)n3)C2=C=O)cc1. The Morgan fingerprint density at radius 3 is 2.67 bits per heavy atom. The second kappa shape index (κ2) is 11.7. The van der Waals surface area contributed by atoms with Crippen molar-refractivity contribution < 1.29 is 23.8 Å². The number of benzene rings is 2. The molecule has 1 N–H and O–H groups in total. The number of aromatic nitrogens is 4. The molecule has 2 aliphatic rings. The maximum absolute atomic E-state index is 14.3. The molecule has 4 heterocycles. The van der Waals surface area contributed by atoms with Crippen LogP contribution in [0.2, 0.25) is 0 Å². The van der Waals surface area contributed by atoms with E-state index in [1.807, 2.05) is 43.2 Å². The van der Waals surface area contributed by atoms with E-state index in [1.54, 1.807) is 58.4 Å². The molecule has 1 fully saturated rings. The summed E-state index contributed by atoms with van der Waals surface area (Å²) in [6.45, 7) is 3.87. The molecule has 12 nitrogen and oxygen atoms in total. The van der Waals surface area contributed by atoms with Crippen LogP contribution in [0, 0.1) is 6.92 Å². The van der Waals surface area contributed by atoms with Gasteiger partial charge in [0, 0.05) is 42.9 Å². The van der Waals surface area contributed by atoms with Crippen LogP contribution in [0.1, 0.15) is 11.3 Å². The van der Waals surface area contributed by atoms with Crippen molar-refractivity contribution in [2.45, 2.75) is 19.5 Å². The number of ether oxygens (including phenoxy) is 3. The van der Waals surface area contributed by atoms with Crippen molar-refractivity contribution in [3.05, 3.63) is 84.2 Å². The largest absolute Gasteiger partial charge is 0.497 e. The minimum Gasteiger partial charge on any atom is -0.497 e. The summed E-state index contributed by atoms with van der Waals surface area (Å²) < 4.78 is 18.4. The van der Waals surface area contributed by atoms with Crippen LogP contribution < -0.4 is 29.3 Å². The lowest BCUT2D eigenvalue weighted by atomic mass is 10.1. The summed E-state index contributed by atoms with van der Waals surface area (Å²) in [4.78, 5) is 43.4. The number of methoxy groups -OCH3 is 1. The van der Waals surface area contributed by atoms with Gasteiger partial charge in [-0.25, -0.2) is 14.8 Å². The third kappa shape index (κ3) is 5.40. The van der Waals surface area contributed by atoms with Gasteiger partial charge in [-0.3, -0.25) is 14.7 Å². The molecule has 1 unspecified atom stereocenters. The highest BCUT2D eigenvalue weighted by molar-refractivity contribution is 6.01. The molecular formula is C30H29N7O5. The van der Waals surface area contributed by atoms with Gasteiger partial charge in [-0.1, -0.05) is 6.07 Å². The van der Waals surface area contributed by atoms with E-state index in [1.165, 1.54) is 0 Å². The molecule has 214 valence electrons. The van der Waals surface area contributed by atoms with Gasteiger partial charge in [-0.05, 0) is 48.9 Å². The lowest BCUT2D eigenvalue weighted by Gasteiger charge is -2.37. The quantitative estimate of drug-likeness (QED) is 0.333. The first-order chi connectivity index (χ1) is 20.5. The predicted molar refractivity (Wildman–Crippen MR) is 154 cm³/mol. The molecule has 2 aromatic carbocycles. The number of nitrogens with one attached hydrogen (secondary N) is 1. The van der Waals surface area contributed by atoms with Gasteiger partial charge in [0.15, 0.2) is 11.5 Å². The normalized spacial score (nSPS) is 16.1. The Bertz CT molecular complexity index is 1630. The molecule has 2 aromatic heterocycles. The van der Waals surface area contributed by atoms with Crippen molar-refractivity contribution in [1.29, 1.82) is 0 Å². The van der Waals surface area contributed by atoms with Crippen LogP contribution in [0.3, 0.4) is 0 Å². The molecule has 1 amide bonds. The number of hydrogen-bond donors (Lipinski definition) is 1. The van der Waals surface area contributed by atoms with Crippen molar-refractivity contribution in [2.24, 2.45) is 0 Å². The molecule has 2 aliphatic heterocycles. The average Bonchev–Trinajstić information content (AvgIpc) is 3.58. The summed E-state index contributed by atoms with van der Waals surface area (Å²) in [5.41, 5.74) is 2.32. The molecule has 1 atom stereocenters. The van der Waals surface area contributed by atoms with E-state index in [4.69, 9.17) is 14.2 Å². The fraction of sp³-hybridized carbons (Fsp3) is 0.267. The van der Waals surface area contributed by atoms with E-state index in [0.717, 1.165) is 5.56 Å². The number of piperazine rings is 1. The van der Waals surface area contributed by atoms with Gasteiger partial charge in [0.1, 0.15) is 48.8 Å². The predicted octanol–water partition coefficient (Wildman–Crippen LogP) is 2.48. The van der Waals surface area contributed by atoms with E-state index in [0.29, 0.717) is 66.7 Å². The maximum Gasteiger partial charge on any atom is 0.251 e. The minimum absolute atomic E-state index is 0.140. The molecule has 42 heavy (non-hydrogen) atoms. The molecule has 1 saturated heterocycles. The van der Waals surface area contributed by atoms with Crippen molar-refractivity contribution >= 4 is 23.4 Å². The number of amides is 1. The lowest BCUT2D eigenvalue weighted by molar-refractivity contribution is -0.120. The first-order valence-corrected chi connectivity index (χ1v) is 13.5. The second-order valence-corrected chi connectivity index (χ2v) is 9.76. The minimum atomic E-state index is -0.970. The summed E-state index contributed by atoms with van der Waals surface area (Å²) in [6, 6.07) is 13.6. The Hall–Kier alpha value is -5.19. The molecule has 0 saturated carbocycles. The van der Waals surface area contributed by atoms with Crippen LogP contribution >= 0.6 is 0 Å². The Kier molecular flexibility index (Phi) is 7.54. The van der Waals surface area contributed by atoms with Crippen LogP contribution in [-0.4, -0.2) is 70.8 Å². The van der Waals surface area contributed by atoms with Gasteiger partial charge in [-0.2, -0.15) is 4.98 Å². The van der Waals surface area contributed by atoms with E-state index < -0.39 is 6.04 Å². The Balaban J connectivity index is 1.33. The first-order valence-electron chi connectivity index (χ1n) is 13.5. The van der Waals surface area contributed by atoms with Crippen molar-refractivity contribution in [1.82, 2.24) is 24.8 Å². The molecule has 0 spiro atoms. The third-order valence-corrected chi connectivity index (χ3v) is 7.04. The molecule has 12 heteroatoms. The Morgan fingerprint density at radius 1 is 1.12 bits per heavy atom. The molecule has 6 rings (SSSR count). The highest BCUT2D eigenvalue weighted by atomic mass is 16.6. The standard InChI is InChI=1S/C30H29N7O5/c1-20-15-27(34-30(33-20)35-11-9-31-19-35)36-12-10-32-28(24(36)18-38)29(39)37(22-4-6-23(40-2)7-5-22)17-21-3-8-25-26(16-21)42-14-13-41-25/h3-9,11,15-16,19,28,32H,10,12-14,17H2,1-2H3. The third-order valence-electron chi connectivity index (χ3n) is 7.04. The molecule has 0 aliphatic carbocycles. The molecule has 0 bridgehead atoms. The monoisotopic (exact) mass is 567 g/mol. The van der Waals surface area contributed by atoms with E-state index in [9.17, 15) is 9.59 Å². The topological polar surface area (TPSA) is 124 Å². The number of carbonyl (C=O) groups excluding carboxylic acids is 2. The maximum atomic E-state index is 14.3. The van der Waals surface area contributed by atoms with E-state index >= 15 is 0 Å². The summed E-state index contributed by atoms with van der Waals surface area (Å²) in [5, 5.41) is 3.22. The van der Waals surface area contributed by atoms with Gasteiger partial charge >= 0.3 is 0 Å². The Labute approximate surface area is 242 Å². The fourth-order valence-electron chi connectivity index (χ4n) is 5.00. The van der Waals surface area contributed by atoms with Gasteiger partial charge in [0.25, 0.3) is 5.91 Å². The smallest absolute Gasteiger partial charge is 0.251 e. The zero-order valence-electron chi connectivity index (χ0n) is 23.2. The van der Waals surface area contributed by atoms with Crippen LogP contribution in [0.4, 0.5) is 11.5 Å². The summed E-state index contributed by atoms with van der Waals surface area (Å²) >= 11 is 0. The average molecular weight is 568 g/mol. The molecular weight excluding hydrogens is 538 g/mol. The van der Waals surface area contributed by atoms with Crippen LogP contribution in [0.15, 0.2) is 72.9 Å². The summed E-state index contributed by atoms with van der Waals surface area (Å²) in [5.74, 6) is 4.57. The number of carbonyl (C=O) groups is 1. The second-order valence-electron chi connectivity index (χ2n) is 9.76. The zero-order chi connectivity index (χ0) is 29.1. The number of hydrogen-bond acceptors (Lipinski definition) is 10. The fourth-order valence-corrected chi connectivity index (χ4v) is 5.00. The number of aryl methyl sites for hydroxylation is 1. The first kappa shape index (κ1) is 27.0. The van der Waals surface area contributed by atoms with Gasteiger partial charge < -0.3 is 24.0 Å². The van der Waals surface area contributed by atoms with Crippen LogP contribution in [0.5, 0.6) is 17.2 Å². The number of imidazole rings is 1. The number of fused-ring (bicyclic) bond motifs is 1. The Morgan fingerprint density at radius 2 is 1.93 bits per heavy atom. The highest BCUT2D eigenvalue weighted by Crippen LogP contribution is 2.32. The zero-order valence-corrected chi connectivity index (χ0v) is 23.2. The molecule has 0 radical (unpaired) electrons. The van der Waals surface area contributed by atoms with Gasteiger partial charge in [0.2, 0.25) is 5.95 Å². The van der Waals surface area contributed by atoms with Crippen molar-refractivity contribution in [3.63, 3.8) is 0 Å². The van der Waals surface area contributed by atoms with E-state index in [-0.39, 0.29) is 18.1 Å². The lowest BCUT2D eigenvalue weighted by Crippen LogP contribution is -2.57. The number of anilines is 2. The van der Waals surface area contributed by atoms with Gasteiger partial charge in [0.05, 0.1) is 13.7 Å². The van der Waals surface area contributed by atoms with Crippen molar-refractivity contribution in [2.75, 3.05) is 43.2 Å². The highest BCUT2D eigenvalue weighted by Gasteiger charge is 2.36. The summed E-state index contributed by atoms with van der Waals surface area (Å²) in [6.07, 6.45) is 4.98. The van der Waals surface area contributed by atoms with Crippen LogP contribution in [0.25, 0.3) is 5.95 Å². The van der Waals surface area contributed by atoms with Crippen LogP contribution in [-0.2, 0) is 16.1 Å². The number of rotatable bonds is 7.